The molecule has 1 aromatic heterocycles. The first-order chi connectivity index (χ1) is 10.3. The van der Waals surface area contributed by atoms with Gasteiger partial charge in [0.1, 0.15) is 6.07 Å². The van der Waals surface area contributed by atoms with Crippen molar-refractivity contribution in [1.82, 2.24) is 9.97 Å². The number of halogens is 1. The van der Waals surface area contributed by atoms with Crippen LogP contribution in [0, 0.1) is 11.3 Å². The minimum atomic E-state index is 0.158. The molecule has 0 saturated carbocycles. The molecular formula is C15H10ClN5. The zero-order valence-corrected chi connectivity index (χ0v) is 11.6. The summed E-state index contributed by atoms with van der Waals surface area (Å²) in [6, 6.07) is 16.7. The average Bonchev–Trinajstić information content (AvgIpc) is 2.93. The smallest absolute Gasteiger partial charge is 0.203 e. The minimum Gasteiger partial charge on any atom is -0.336 e. The molecule has 0 saturated heterocycles. The number of para-hydroxylation sites is 3. The number of anilines is 1. The maximum Gasteiger partial charge on any atom is 0.203 e. The normalized spacial score (nSPS) is 11.3. The molecule has 0 aliphatic rings. The monoisotopic (exact) mass is 295 g/mol. The SMILES string of the molecule is N#C/C(=N/Nc1ccccc1Cl)c1nc2ccccc2[nH]1. The van der Waals surface area contributed by atoms with Crippen LogP contribution in [0.5, 0.6) is 0 Å². The van der Waals surface area contributed by atoms with E-state index in [1.807, 2.05) is 42.5 Å². The number of rotatable bonds is 3. The van der Waals surface area contributed by atoms with Gasteiger partial charge in [-0.3, -0.25) is 5.43 Å². The molecule has 21 heavy (non-hydrogen) atoms. The van der Waals surface area contributed by atoms with Crippen LogP contribution >= 0.6 is 11.6 Å². The van der Waals surface area contributed by atoms with Crippen molar-refractivity contribution in [3.05, 3.63) is 59.4 Å². The molecule has 3 rings (SSSR count). The second-order valence-corrected chi connectivity index (χ2v) is 4.67. The molecule has 2 aromatic carbocycles. The molecule has 5 nitrogen and oxygen atoms in total. The summed E-state index contributed by atoms with van der Waals surface area (Å²) in [5.41, 5.74) is 5.21. The zero-order chi connectivity index (χ0) is 14.7. The number of hydrogen-bond donors (Lipinski definition) is 2. The van der Waals surface area contributed by atoms with E-state index in [1.165, 1.54) is 0 Å². The van der Waals surface area contributed by atoms with Crippen molar-refractivity contribution in [1.29, 1.82) is 5.26 Å². The Morgan fingerprint density at radius 2 is 1.95 bits per heavy atom. The number of imidazole rings is 1. The fraction of sp³-hybridized carbons (Fsp3) is 0. The van der Waals surface area contributed by atoms with Gasteiger partial charge in [0.2, 0.25) is 5.71 Å². The van der Waals surface area contributed by atoms with Gasteiger partial charge in [0.25, 0.3) is 0 Å². The average molecular weight is 296 g/mol. The van der Waals surface area contributed by atoms with Gasteiger partial charge in [-0.05, 0) is 24.3 Å². The van der Waals surface area contributed by atoms with E-state index in [4.69, 9.17) is 11.6 Å². The molecule has 0 spiro atoms. The number of hydrazone groups is 1. The van der Waals surface area contributed by atoms with Gasteiger partial charge in [-0.1, -0.05) is 35.9 Å². The molecule has 0 unspecified atom stereocenters. The van der Waals surface area contributed by atoms with Crippen LogP contribution in [0.25, 0.3) is 11.0 Å². The van der Waals surface area contributed by atoms with E-state index in [1.54, 1.807) is 12.1 Å². The van der Waals surface area contributed by atoms with Gasteiger partial charge < -0.3 is 4.98 Å². The topological polar surface area (TPSA) is 76.9 Å². The summed E-state index contributed by atoms with van der Waals surface area (Å²) in [7, 11) is 0. The Morgan fingerprint density at radius 1 is 1.19 bits per heavy atom. The summed E-state index contributed by atoms with van der Waals surface area (Å²) >= 11 is 6.02. The highest BCUT2D eigenvalue weighted by Gasteiger charge is 2.09. The van der Waals surface area contributed by atoms with Crippen LogP contribution in [0.1, 0.15) is 5.82 Å². The van der Waals surface area contributed by atoms with Crippen LogP contribution < -0.4 is 5.43 Å². The van der Waals surface area contributed by atoms with Crippen molar-refractivity contribution >= 4 is 34.0 Å². The number of nitrogens with one attached hydrogen (secondary N) is 2. The molecule has 1 heterocycles. The second-order valence-electron chi connectivity index (χ2n) is 4.27. The van der Waals surface area contributed by atoms with Crippen LogP contribution in [-0.4, -0.2) is 15.7 Å². The standard InChI is InChI=1S/C15H10ClN5/c16-10-5-1-2-6-11(10)20-21-14(9-17)15-18-12-7-3-4-8-13(12)19-15/h1-8,20H,(H,18,19)/b21-14-. The van der Waals surface area contributed by atoms with Gasteiger partial charge in [-0.25, -0.2) is 4.98 Å². The highest BCUT2D eigenvalue weighted by Crippen LogP contribution is 2.20. The molecule has 2 N–H and O–H groups in total. The number of aromatic nitrogens is 2. The number of hydrogen-bond acceptors (Lipinski definition) is 4. The molecule has 0 atom stereocenters. The Hall–Kier alpha value is -2.84. The van der Waals surface area contributed by atoms with Crippen molar-refractivity contribution in [2.75, 3.05) is 5.43 Å². The predicted molar refractivity (Wildman–Crippen MR) is 83.3 cm³/mol. The highest BCUT2D eigenvalue weighted by molar-refractivity contribution is 6.33. The quantitative estimate of drug-likeness (QED) is 0.573. The molecule has 0 aliphatic carbocycles. The van der Waals surface area contributed by atoms with Gasteiger partial charge in [-0.2, -0.15) is 10.4 Å². The minimum absolute atomic E-state index is 0.158. The lowest BCUT2D eigenvalue weighted by Crippen LogP contribution is -2.04. The van der Waals surface area contributed by atoms with Crippen LogP contribution in [0.2, 0.25) is 5.02 Å². The van der Waals surface area contributed by atoms with Crippen molar-refractivity contribution in [3.63, 3.8) is 0 Å². The van der Waals surface area contributed by atoms with E-state index in [0.717, 1.165) is 11.0 Å². The fourth-order valence-electron chi connectivity index (χ4n) is 1.86. The van der Waals surface area contributed by atoms with Crippen LogP contribution in [0.4, 0.5) is 5.69 Å². The van der Waals surface area contributed by atoms with E-state index in [9.17, 15) is 5.26 Å². The Morgan fingerprint density at radius 3 is 2.71 bits per heavy atom. The van der Waals surface area contributed by atoms with Gasteiger partial charge in [0.05, 0.1) is 21.7 Å². The molecule has 0 aliphatic heterocycles. The largest absolute Gasteiger partial charge is 0.336 e. The van der Waals surface area contributed by atoms with Gasteiger partial charge >= 0.3 is 0 Å². The maximum absolute atomic E-state index is 9.24. The zero-order valence-electron chi connectivity index (χ0n) is 10.8. The first-order valence-electron chi connectivity index (χ1n) is 6.21. The molecule has 0 bridgehead atoms. The third-order valence-corrected chi connectivity index (χ3v) is 3.21. The van der Waals surface area contributed by atoms with Crippen molar-refractivity contribution in [2.45, 2.75) is 0 Å². The van der Waals surface area contributed by atoms with E-state index in [-0.39, 0.29) is 5.71 Å². The number of benzene rings is 2. The van der Waals surface area contributed by atoms with Crippen LogP contribution in [0.3, 0.4) is 0 Å². The molecule has 102 valence electrons. The molecule has 0 amide bonds. The van der Waals surface area contributed by atoms with E-state index in [2.05, 4.69) is 20.5 Å². The van der Waals surface area contributed by atoms with E-state index in [0.29, 0.717) is 16.5 Å². The summed E-state index contributed by atoms with van der Waals surface area (Å²) in [5, 5.41) is 13.8. The lowest BCUT2D eigenvalue weighted by molar-refractivity contribution is 1.25. The van der Waals surface area contributed by atoms with E-state index >= 15 is 0 Å². The number of nitrogens with zero attached hydrogens (tertiary/aromatic N) is 3. The number of fused-ring (bicyclic) bond motifs is 1. The van der Waals surface area contributed by atoms with E-state index < -0.39 is 0 Å². The molecule has 6 heteroatoms. The Balaban J connectivity index is 1.93. The third kappa shape index (κ3) is 2.71. The summed E-state index contributed by atoms with van der Waals surface area (Å²) in [6.45, 7) is 0. The number of aromatic amines is 1. The predicted octanol–water partition coefficient (Wildman–Crippen LogP) is 3.56. The first kappa shape index (κ1) is 13.2. The fourth-order valence-corrected chi connectivity index (χ4v) is 2.04. The molecule has 0 radical (unpaired) electrons. The summed E-state index contributed by atoms with van der Waals surface area (Å²) < 4.78 is 0. The van der Waals surface area contributed by atoms with Crippen molar-refractivity contribution in [3.8, 4) is 6.07 Å². The van der Waals surface area contributed by atoms with Crippen molar-refractivity contribution in [2.24, 2.45) is 5.10 Å². The maximum atomic E-state index is 9.24. The Kier molecular flexibility index (Phi) is 3.54. The number of nitriles is 1. The van der Waals surface area contributed by atoms with Gasteiger partial charge in [-0.15, -0.1) is 0 Å². The van der Waals surface area contributed by atoms with Crippen LogP contribution in [-0.2, 0) is 0 Å². The van der Waals surface area contributed by atoms with Gasteiger partial charge in [0.15, 0.2) is 5.82 Å². The van der Waals surface area contributed by atoms with Crippen LogP contribution in [0.15, 0.2) is 53.6 Å². The Bertz CT molecular complexity index is 827. The molecule has 0 fully saturated rings. The second kappa shape index (κ2) is 5.65. The summed E-state index contributed by atoms with van der Waals surface area (Å²) in [6.07, 6.45) is 0. The van der Waals surface area contributed by atoms with Gasteiger partial charge in [0, 0.05) is 0 Å². The molecular weight excluding hydrogens is 286 g/mol. The lowest BCUT2D eigenvalue weighted by atomic mass is 10.3. The molecule has 3 aromatic rings. The first-order valence-corrected chi connectivity index (χ1v) is 6.59. The van der Waals surface area contributed by atoms with Crippen molar-refractivity contribution < 1.29 is 0 Å². The lowest BCUT2D eigenvalue weighted by Gasteiger charge is -2.02. The third-order valence-electron chi connectivity index (χ3n) is 2.88. The highest BCUT2D eigenvalue weighted by atomic mass is 35.5. The number of H-pyrrole nitrogens is 1. The Labute approximate surface area is 125 Å². The summed E-state index contributed by atoms with van der Waals surface area (Å²) in [5.74, 6) is 0.415. The summed E-state index contributed by atoms with van der Waals surface area (Å²) in [4.78, 5) is 7.40.